The van der Waals surface area contributed by atoms with Gasteiger partial charge >= 0.3 is 0 Å². The van der Waals surface area contributed by atoms with Gasteiger partial charge in [0.05, 0.1) is 9.49 Å². The summed E-state index contributed by atoms with van der Waals surface area (Å²) < 4.78 is 1.00. The van der Waals surface area contributed by atoms with Crippen molar-refractivity contribution in [3.05, 3.63) is 45.8 Å². The molecular weight excluding hydrogens is 184 g/mol. The Morgan fingerprint density at radius 2 is 2.25 bits per heavy atom. The third-order valence-corrected chi connectivity index (χ3v) is 3.43. The average Bonchev–Trinajstić information content (AvgIpc) is 2.04. The summed E-state index contributed by atoms with van der Waals surface area (Å²) in [5.41, 5.74) is 2.71. The third-order valence-electron chi connectivity index (χ3n) is 2.01. The van der Waals surface area contributed by atoms with Gasteiger partial charge in [-0.1, -0.05) is 36.9 Å². The van der Waals surface area contributed by atoms with Gasteiger partial charge in [-0.2, -0.15) is 0 Å². The highest BCUT2D eigenvalue weighted by atomic mass is 32.2. The summed E-state index contributed by atoms with van der Waals surface area (Å²) in [5.74, 6) is 0. The van der Waals surface area contributed by atoms with E-state index in [4.69, 9.17) is 12.6 Å². The lowest BCUT2D eigenvalue weighted by atomic mass is 10.0. The minimum absolute atomic E-state index is 0.465. The van der Waals surface area contributed by atoms with E-state index in [0.29, 0.717) is 5.25 Å². The molecule has 0 saturated carbocycles. The van der Waals surface area contributed by atoms with Gasteiger partial charge < -0.3 is 0 Å². The van der Waals surface area contributed by atoms with Gasteiger partial charge in [0.1, 0.15) is 0 Å². The summed E-state index contributed by atoms with van der Waals surface area (Å²) in [5, 5.41) is 0.465. The molecule has 2 heteroatoms. The van der Waals surface area contributed by atoms with Gasteiger partial charge in [0, 0.05) is 0 Å². The van der Waals surface area contributed by atoms with Crippen LogP contribution in [0.1, 0.15) is 6.92 Å². The van der Waals surface area contributed by atoms with Crippen LogP contribution in [0.4, 0.5) is 0 Å². The molecule has 1 atom stereocenters. The fraction of sp³-hybridized carbons (Fsp3) is 0.200. The molecule has 0 fully saturated rings. The molecule has 0 aromatic rings. The Morgan fingerprint density at radius 1 is 1.42 bits per heavy atom. The summed E-state index contributed by atoms with van der Waals surface area (Å²) in [6.45, 7) is 2.12. The van der Waals surface area contributed by atoms with Gasteiger partial charge in [0.2, 0.25) is 0 Å². The molecule has 61 valence electrons. The molecule has 2 aliphatic rings. The number of thioether (sulfide) groups is 1. The SMILES string of the molecule is CC1=C2C=CC=CC2SC([S])=C1. The van der Waals surface area contributed by atoms with E-state index in [9.17, 15) is 0 Å². The first kappa shape index (κ1) is 8.14. The van der Waals surface area contributed by atoms with Crippen LogP contribution in [-0.4, -0.2) is 5.25 Å². The lowest BCUT2D eigenvalue weighted by Gasteiger charge is -2.21. The van der Waals surface area contributed by atoms with Gasteiger partial charge in [0.15, 0.2) is 0 Å². The molecule has 12 heavy (non-hydrogen) atoms. The topological polar surface area (TPSA) is 0 Å². The van der Waals surface area contributed by atoms with Crippen LogP contribution in [0.3, 0.4) is 0 Å². The number of allylic oxidation sites excluding steroid dienone is 5. The first-order valence-corrected chi connectivity index (χ1v) is 5.17. The van der Waals surface area contributed by atoms with E-state index in [2.05, 4.69) is 37.3 Å². The fourth-order valence-electron chi connectivity index (χ4n) is 1.40. The van der Waals surface area contributed by atoms with Gasteiger partial charge in [-0.3, -0.25) is 0 Å². The smallest absolute Gasteiger partial charge is 0.0717 e. The second-order valence-corrected chi connectivity index (χ2v) is 4.77. The van der Waals surface area contributed by atoms with Crippen LogP contribution in [0, 0.1) is 0 Å². The Morgan fingerprint density at radius 3 is 3.08 bits per heavy atom. The highest BCUT2D eigenvalue weighted by Gasteiger charge is 2.19. The van der Waals surface area contributed by atoms with Gasteiger partial charge in [-0.15, -0.1) is 11.8 Å². The van der Waals surface area contributed by atoms with Crippen molar-refractivity contribution in [2.24, 2.45) is 0 Å². The first-order valence-electron chi connectivity index (χ1n) is 3.88. The second kappa shape index (κ2) is 3.11. The van der Waals surface area contributed by atoms with Crippen molar-refractivity contribution in [2.75, 3.05) is 0 Å². The van der Waals surface area contributed by atoms with E-state index in [1.807, 2.05) is 0 Å². The molecule has 1 aliphatic carbocycles. The van der Waals surface area contributed by atoms with Crippen molar-refractivity contribution < 1.29 is 0 Å². The van der Waals surface area contributed by atoms with Crippen molar-refractivity contribution in [3.63, 3.8) is 0 Å². The van der Waals surface area contributed by atoms with E-state index in [-0.39, 0.29) is 0 Å². The molecule has 1 unspecified atom stereocenters. The Bertz CT molecular complexity index is 319. The standard InChI is InChI=1S/C10H9S2/c1-7-6-10(11)12-9-5-3-2-4-8(7)9/h2-6,9H,1H3. The summed E-state index contributed by atoms with van der Waals surface area (Å²) in [6.07, 6.45) is 10.6. The molecule has 1 radical (unpaired) electrons. The quantitative estimate of drug-likeness (QED) is 0.566. The zero-order valence-electron chi connectivity index (χ0n) is 6.78. The normalized spacial score (nSPS) is 27.1. The maximum atomic E-state index is 5.17. The fourth-order valence-corrected chi connectivity index (χ4v) is 2.94. The van der Waals surface area contributed by atoms with Gasteiger partial charge in [-0.25, -0.2) is 0 Å². The van der Waals surface area contributed by atoms with Crippen molar-refractivity contribution in [1.29, 1.82) is 0 Å². The number of hydrogen-bond acceptors (Lipinski definition) is 1. The Hall–Kier alpha value is -0.470. The first-order chi connectivity index (χ1) is 5.77. The predicted octanol–water partition coefficient (Wildman–Crippen LogP) is 3.58. The molecule has 0 aromatic heterocycles. The minimum Gasteiger partial charge on any atom is -0.102 e. The minimum atomic E-state index is 0.465. The summed E-state index contributed by atoms with van der Waals surface area (Å²) in [4.78, 5) is 0. The van der Waals surface area contributed by atoms with Crippen LogP contribution in [0.2, 0.25) is 0 Å². The highest BCUT2D eigenvalue weighted by molar-refractivity contribution is 8.16. The molecule has 0 aromatic carbocycles. The zero-order valence-corrected chi connectivity index (χ0v) is 8.41. The number of hydrogen-bond donors (Lipinski definition) is 0. The van der Waals surface area contributed by atoms with Crippen LogP contribution < -0.4 is 0 Å². The van der Waals surface area contributed by atoms with Crippen molar-refractivity contribution in [1.82, 2.24) is 0 Å². The summed E-state index contributed by atoms with van der Waals surface area (Å²) in [6, 6.07) is 0. The summed E-state index contributed by atoms with van der Waals surface area (Å²) in [7, 11) is 0. The van der Waals surface area contributed by atoms with Crippen LogP contribution in [0.5, 0.6) is 0 Å². The predicted molar refractivity (Wildman–Crippen MR) is 58.0 cm³/mol. The van der Waals surface area contributed by atoms with Gasteiger partial charge in [0.25, 0.3) is 0 Å². The maximum absolute atomic E-state index is 5.17. The van der Waals surface area contributed by atoms with Gasteiger partial charge in [-0.05, 0) is 24.1 Å². The maximum Gasteiger partial charge on any atom is 0.0717 e. The Labute approximate surface area is 82.5 Å². The third kappa shape index (κ3) is 1.37. The molecule has 1 heterocycles. The molecule has 2 rings (SSSR count). The molecule has 0 nitrogen and oxygen atoms in total. The van der Waals surface area contributed by atoms with E-state index < -0.39 is 0 Å². The van der Waals surface area contributed by atoms with Crippen molar-refractivity contribution >= 4 is 24.4 Å². The van der Waals surface area contributed by atoms with E-state index >= 15 is 0 Å². The van der Waals surface area contributed by atoms with Crippen LogP contribution >= 0.6 is 24.4 Å². The lowest BCUT2D eigenvalue weighted by Crippen LogP contribution is -2.08. The molecule has 0 bridgehead atoms. The Kier molecular flexibility index (Phi) is 2.11. The van der Waals surface area contributed by atoms with E-state index in [1.165, 1.54) is 11.1 Å². The number of fused-ring (bicyclic) bond motifs is 1. The number of rotatable bonds is 0. The lowest BCUT2D eigenvalue weighted by molar-refractivity contribution is 1.22. The zero-order chi connectivity index (χ0) is 8.55. The molecule has 0 amide bonds. The van der Waals surface area contributed by atoms with Crippen LogP contribution in [0.25, 0.3) is 0 Å². The van der Waals surface area contributed by atoms with Crippen LogP contribution in [-0.2, 0) is 0 Å². The largest absolute Gasteiger partial charge is 0.102 e. The molecular formula is C10H9S2. The molecule has 1 aliphatic heterocycles. The average molecular weight is 193 g/mol. The summed E-state index contributed by atoms with van der Waals surface area (Å²) >= 11 is 6.92. The van der Waals surface area contributed by atoms with Crippen molar-refractivity contribution in [2.45, 2.75) is 12.2 Å². The van der Waals surface area contributed by atoms with Crippen LogP contribution in [0.15, 0.2) is 45.8 Å². The monoisotopic (exact) mass is 193 g/mol. The van der Waals surface area contributed by atoms with E-state index in [0.717, 1.165) is 4.24 Å². The molecule has 0 saturated heterocycles. The molecule has 0 N–H and O–H groups in total. The highest BCUT2D eigenvalue weighted by Crippen LogP contribution is 2.38. The molecule has 0 spiro atoms. The van der Waals surface area contributed by atoms with E-state index in [1.54, 1.807) is 11.8 Å². The Balaban J connectivity index is 2.44. The second-order valence-electron chi connectivity index (χ2n) is 2.88. The van der Waals surface area contributed by atoms with Crippen molar-refractivity contribution in [3.8, 4) is 0 Å².